The molecule has 7 heteroatoms. The fourth-order valence-electron chi connectivity index (χ4n) is 2.52. The molecule has 1 heterocycles. The van der Waals surface area contributed by atoms with Crippen molar-refractivity contribution in [2.75, 3.05) is 0 Å². The molecule has 0 N–H and O–H groups in total. The normalized spacial score (nSPS) is 12.4. The minimum absolute atomic E-state index is 0.00874. The molecule has 0 radical (unpaired) electrons. The molecule has 130 valence electrons. The highest BCUT2D eigenvalue weighted by Crippen LogP contribution is 2.40. The first-order chi connectivity index (χ1) is 11.8. The first-order valence-corrected chi connectivity index (χ1v) is 11.4. The van der Waals surface area contributed by atoms with Crippen LogP contribution in [0, 0.1) is 6.92 Å². The van der Waals surface area contributed by atoms with E-state index in [1.54, 1.807) is 48.5 Å². The minimum atomic E-state index is -4.12. The zero-order chi connectivity index (χ0) is 18.1. The van der Waals surface area contributed by atoms with Crippen LogP contribution < -0.4 is 0 Å². The summed E-state index contributed by atoms with van der Waals surface area (Å²) in [4.78, 5) is 1.13. The van der Waals surface area contributed by atoms with Crippen molar-refractivity contribution in [1.82, 2.24) is 0 Å². The van der Waals surface area contributed by atoms with Gasteiger partial charge in [0.05, 0.1) is 9.79 Å². The topological polar surface area (TPSA) is 68.3 Å². The van der Waals surface area contributed by atoms with Crippen LogP contribution in [0.15, 0.2) is 82.6 Å². The zero-order valence-corrected chi connectivity index (χ0v) is 15.8. The number of benzene rings is 2. The Bertz CT molecular complexity index is 998. The summed E-state index contributed by atoms with van der Waals surface area (Å²) in [6.45, 7) is 1.81. The summed E-state index contributed by atoms with van der Waals surface area (Å²) < 4.78 is 51.1. The Morgan fingerprint density at radius 3 is 1.48 bits per heavy atom. The highest BCUT2D eigenvalue weighted by molar-refractivity contribution is 8.08. The van der Waals surface area contributed by atoms with Crippen molar-refractivity contribution in [1.29, 1.82) is 0 Å². The summed E-state index contributed by atoms with van der Waals surface area (Å²) in [5, 5.41) is 0. The summed E-state index contributed by atoms with van der Waals surface area (Å²) in [5.74, 6) is 0. The van der Waals surface area contributed by atoms with E-state index in [9.17, 15) is 16.8 Å². The smallest absolute Gasteiger partial charge is 0.205 e. The van der Waals surface area contributed by atoms with Gasteiger partial charge in [0.25, 0.3) is 0 Å². The van der Waals surface area contributed by atoms with E-state index in [0.717, 1.165) is 4.88 Å². The van der Waals surface area contributed by atoms with Gasteiger partial charge in [-0.3, -0.25) is 0 Å². The average molecular weight is 393 g/mol. The van der Waals surface area contributed by atoms with Gasteiger partial charge in [-0.1, -0.05) is 36.4 Å². The van der Waals surface area contributed by atoms with Crippen molar-refractivity contribution in [3.8, 4) is 0 Å². The van der Waals surface area contributed by atoms with Crippen LogP contribution in [-0.4, -0.2) is 16.8 Å². The van der Waals surface area contributed by atoms with E-state index in [2.05, 4.69) is 0 Å². The van der Waals surface area contributed by atoms with Crippen LogP contribution in [0.5, 0.6) is 0 Å². The second kappa shape index (κ2) is 6.74. The maximum Gasteiger partial charge on any atom is 0.205 e. The maximum absolute atomic E-state index is 13.2. The second-order valence-corrected chi connectivity index (χ2v) is 11.2. The van der Waals surface area contributed by atoms with Gasteiger partial charge in [0.15, 0.2) is 0 Å². The monoisotopic (exact) mass is 392 g/mol. The molecule has 0 saturated carbocycles. The van der Waals surface area contributed by atoms with Crippen LogP contribution >= 0.6 is 11.3 Å². The third kappa shape index (κ3) is 3.40. The molecule has 0 aliphatic carbocycles. The summed E-state index contributed by atoms with van der Waals surface area (Å²) >= 11 is 1.18. The van der Waals surface area contributed by atoms with Gasteiger partial charge in [-0.15, -0.1) is 11.3 Å². The molecule has 0 atom stereocenters. The third-order valence-electron chi connectivity index (χ3n) is 3.70. The molecule has 3 rings (SSSR count). The van der Waals surface area contributed by atoms with Gasteiger partial charge in [-0.05, 0) is 43.3 Å². The van der Waals surface area contributed by atoms with Gasteiger partial charge in [-0.25, -0.2) is 16.8 Å². The number of hydrogen-bond acceptors (Lipinski definition) is 5. The zero-order valence-electron chi connectivity index (χ0n) is 13.4. The van der Waals surface area contributed by atoms with Crippen molar-refractivity contribution >= 4 is 31.0 Å². The average Bonchev–Trinajstić information content (AvgIpc) is 3.01. The molecule has 0 bridgehead atoms. The Hall–Kier alpha value is -1.96. The number of aryl methyl sites for hydroxylation is 1. The van der Waals surface area contributed by atoms with Crippen molar-refractivity contribution < 1.29 is 16.8 Å². The van der Waals surface area contributed by atoms with Crippen molar-refractivity contribution in [3.63, 3.8) is 0 Å². The molecule has 0 saturated heterocycles. The number of hydrogen-bond donors (Lipinski definition) is 0. The molecule has 4 nitrogen and oxygen atoms in total. The Morgan fingerprint density at radius 2 is 1.12 bits per heavy atom. The van der Waals surface area contributed by atoms with E-state index in [0.29, 0.717) is 4.88 Å². The van der Waals surface area contributed by atoms with Gasteiger partial charge in [0.1, 0.15) is 0 Å². The quantitative estimate of drug-likeness (QED) is 0.658. The molecule has 0 amide bonds. The molecular weight excluding hydrogens is 376 g/mol. The Kier molecular flexibility index (Phi) is 4.81. The van der Waals surface area contributed by atoms with E-state index >= 15 is 0 Å². The molecular formula is C18H16O4S3. The standard InChI is InChI=1S/C18H16O4S3/c1-14-12-13-17(23-14)18(24(19,20)15-8-4-2-5-9-15)25(21,22)16-10-6-3-7-11-16/h2-13,18H,1H3. The van der Waals surface area contributed by atoms with Crippen LogP contribution in [0.4, 0.5) is 0 Å². The van der Waals surface area contributed by atoms with Gasteiger partial charge >= 0.3 is 0 Å². The maximum atomic E-state index is 13.2. The van der Waals surface area contributed by atoms with Crippen LogP contribution in [0.2, 0.25) is 0 Å². The largest absolute Gasteiger partial charge is 0.222 e. The van der Waals surface area contributed by atoms with Gasteiger partial charge < -0.3 is 0 Å². The predicted molar refractivity (Wildman–Crippen MR) is 99.1 cm³/mol. The number of thiophene rings is 1. The fraction of sp³-hybridized carbons (Fsp3) is 0.111. The van der Waals surface area contributed by atoms with Gasteiger partial charge in [-0.2, -0.15) is 0 Å². The van der Waals surface area contributed by atoms with Crippen LogP contribution in [0.3, 0.4) is 0 Å². The molecule has 3 aromatic rings. The number of rotatable bonds is 5. The minimum Gasteiger partial charge on any atom is -0.222 e. The lowest BCUT2D eigenvalue weighted by atomic mass is 10.4. The Balaban J connectivity index is 2.25. The van der Waals surface area contributed by atoms with E-state index < -0.39 is 24.3 Å². The van der Waals surface area contributed by atoms with Gasteiger partial charge in [0.2, 0.25) is 24.3 Å². The Labute approximate surface area is 151 Å². The second-order valence-electron chi connectivity index (χ2n) is 5.50. The first kappa shape index (κ1) is 17.8. The molecule has 0 aliphatic heterocycles. The molecule has 0 unspecified atom stereocenters. The molecule has 2 aromatic carbocycles. The summed E-state index contributed by atoms with van der Waals surface area (Å²) in [5.41, 5.74) is 0. The van der Waals surface area contributed by atoms with Crippen molar-refractivity contribution in [2.24, 2.45) is 0 Å². The molecule has 0 aliphatic rings. The first-order valence-electron chi connectivity index (χ1n) is 7.48. The lowest BCUT2D eigenvalue weighted by Crippen LogP contribution is -2.22. The van der Waals surface area contributed by atoms with Crippen molar-refractivity contribution in [3.05, 3.63) is 82.6 Å². The predicted octanol–water partition coefficient (Wildman–Crippen LogP) is 4.00. The Morgan fingerprint density at radius 1 is 0.680 bits per heavy atom. The highest BCUT2D eigenvalue weighted by Gasteiger charge is 2.42. The summed E-state index contributed by atoms with van der Waals surface area (Å²) in [6.07, 6.45) is 0. The SMILES string of the molecule is Cc1ccc(C(S(=O)(=O)c2ccccc2)S(=O)(=O)c2ccccc2)s1. The third-order valence-corrected chi connectivity index (χ3v) is 10.1. The van der Waals surface area contributed by atoms with E-state index in [4.69, 9.17) is 0 Å². The van der Waals surface area contributed by atoms with Crippen LogP contribution in [0.25, 0.3) is 0 Å². The van der Waals surface area contributed by atoms with Crippen LogP contribution in [-0.2, 0) is 19.7 Å². The van der Waals surface area contributed by atoms with E-state index in [1.807, 2.05) is 6.92 Å². The molecule has 25 heavy (non-hydrogen) atoms. The fourth-order valence-corrected chi connectivity index (χ4v) is 8.65. The van der Waals surface area contributed by atoms with E-state index in [1.165, 1.54) is 35.6 Å². The number of sulfone groups is 2. The molecule has 1 aromatic heterocycles. The summed E-state index contributed by atoms with van der Waals surface area (Å²) in [7, 11) is -8.25. The summed E-state index contributed by atoms with van der Waals surface area (Å²) in [6, 6.07) is 18.7. The molecule has 0 spiro atoms. The van der Waals surface area contributed by atoms with E-state index in [-0.39, 0.29) is 9.79 Å². The molecule has 0 fully saturated rings. The van der Waals surface area contributed by atoms with Gasteiger partial charge in [0, 0.05) is 9.75 Å². The van der Waals surface area contributed by atoms with Crippen molar-refractivity contribution in [2.45, 2.75) is 21.3 Å². The lowest BCUT2D eigenvalue weighted by Gasteiger charge is -2.17. The lowest BCUT2D eigenvalue weighted by molar-refractivity contribution is 0.577. The van der Waals surface area contributed by atoms with Crippen LogP contribution in [0.1, 0.15) is 14.3 Å². The highest BCUT2D eigenvalue weighted by atomic mass is 32.3.